The predicted molar refractivity (Wildman–Crippen MR) is 121 cm³/mol. The van der Waals surface area contributed by atoms with Gasteiger partial charge in [0, 0.05) is 42.5 Å². The van der Waals surface area contributed by atoms with Gasteiger partial charge in [-0.1, -0.05) is 78.3 Å². The molecule has 1 heterocycles. The minimum atomic E-state index is 0.0748. The Bertz CT molecular complexity index is 994. The second-order valence-corrected chi connectivity index (χ2v) is 7.53. The van der Waals surface area contributed by atoms with Crippen molar-refractivity contribution in [2.24, 2.45) is 0 Å². The van der Waals surface area contributed by atoms with Crippen LogP contribution in [0.1, 0.15) is 11.1 Å². The quantitative estimate of drug-likeness (QED) is 0.440. The summed E-state index contributed by atoms with van der Waals surface area (Å²) in [6.45, 7) is 2.95. The van der Waals surface area contributed by atoms with Gasteiger partial charge in [0.1, 0.15) is 0 Å². The van der Waals surface area contributed by atoms with Crippen LogP contribution >= 0.6 is 11.6 Å². The van der Waals surface area contributed by atoms with Crippen LogP contribution in [0.4, 0.5) is 5.69 Å². The van der Waals surface area contributed by atoms with Crippen LogP contribution in [0.15, 0.2) is 84.9 Å². The summed E-state index contributed by atoms with van der Waals surface area (Å²) < 4.78 is 0. The third-order valence-electron chi connectivity index (χ3n) is 5.17. The van der Waals surface area contributed by atoms with Crippen LogP contribution < -0.4 is 4.90 Å². The van der Waals surface area contributed by atoms with Gasteiger partial charge >= 0.3 is 0 Å². The van der Waals surface area contributed by atoms with Crippen molar-refractivity contribution in [3.8, 4) is 0 Å². The third kappa shape index (κ3) is 4.69. The molecule has 0 aliphatic carbocycles. The number of nitrogens with zero attached hydrogens (tertiary/aromatic N) is 2. The lowest BCUT2D eigenvalue weighted by atomic mass is 10.0. The van der Waals surface area contributed by atoms with Crippen LogP contribution in [0.5, 0.6) is 0 Å². The molecule has 3 aromatic carbocycles. The Morgan fingerprint density at radius 3 is 2.10 bits per heavy atom. The van der Waals surface area contributed by atoms with Gasteiger partial charge in [-0.3, -0.25) is 4.79 Å². The normalized spacial score (nSPS) is 14.7. The Balaban J connectivity index is 1.54. The van der Waals surface area contributed by atoms with Gasteiger partial charge in [-0.2, -0.15) is 0 Å². The standard InChI is InChI=1S/C25H23ClN2O/c26-22-12-7-13-23(19-22)27-14-16-28(17-15-27)25(29)24(21-10-5-2-6-11-21)18-20-8-3-1-4-9-20/h1-13,18-19H,14-17H2/b24-18+. The van der Waals surface area contributed by atoms with Gasteiger partial charge in [-0.25, -0.2) is 0 Å². The number of hydrogen-bond donors (Lipinski definition) is 0. The van der Waals surface area contributed by atoms with Gasteiger partial charge in [0.25, 0.3) is 5.91 Å². The molecular weight excluding hydrogens is 380 g/mol. The largest absolute Gasteiger partial charge is 0.368 e. The average Bonchev–Trinajstić information content (AvgIpc) is 2.78. The second kappa shape index (κ2) is 8.97. The van der Waals surface area contributed by atoms with E-state index in [0.29, 0.717) is 13.1 Å². The molecule has 0 aromatic heterocycles. The lowest BCUT2D eigenvalue weighted by molar-refractivity contribution is -0.125. The van der Waals surface area contributed by atoms with E-state index in [1.54, 1.807) is 0 Å². The molecule has 0 N–H and O–H groups in total. The zero-order valence-corrected chi connectivity index (χ0v) is 16.9. The summed E-state index contributed by atoms with van der Waals surface area (Å²) in [7, 11) is 0. The Kier molecular flexibility index (Phi) is 5.97. The number of hydrogen-bond acceptors (Lipinski definition) is 2. The van der Waals surface area contributed by atoms with E-state index in [-0.39, 0.29) is 5.91 Å². The highest BCUT2D eigenvalue weighted by molar-refractivity contribution is 6.30. The summed E-state index contributed by atoms with van der Waals surface area (Å²) in [5, 5.41) is 0.734. The number of carbonyl (C=O) groups is 1. The first kappa shape index (κ1) is 19.3. The molecule has 0 spiro atoms. The fraction of sp³-hybridized carbons (Fsp3) is 0.160. The van der Waals surface area contributed by atoms with E-state index in [9.17, 15) is 4.79 Å². The molecule has 1 aliphatic rings. The number of rotatable bonds is 4. The molecule has 1 fully saturated rings. The smallest absolute Gasteiger partial charge is 0.254 e. The zero-order valence-electron chi connectivity index (χ0n) is 16.2. The maximum atomic E-state index is 13.4. The molecule has 0 atom stereocenters. The minimum Gasteiger partial charge on any atom is -0.368 e. The number of benzene rings is 3. The van der Waals surface area contributed by atoms with Crippen LogP contribution in [-0.4, -0.2) is 37.0 Å². The molecular formula is C25H23ClN2O. The number of piperazine rings is 1. The highest BCUT2D eigenvalue weighted by atomic mass is 35.5. The number of halogens is 1. The SMILES string of the molecule is O=C(/C(=C/c1ccccc1)c1ccccc1)N1CCN(c2cccc(Cl)c2)CC1. The topological polar surface area (TPSA) is 23.6 Å². The maximum Gasteiger partial charge on any atom is 0.254 e. The van der Waals surface area contributed by atoms with Crippen LogP contribution in [0, 0.1) is 0 Å². The molecule has 0 radical (unpaired) electrons. The van der Waals surface area contributed by atoms with E-state index in [2.05, 4.69) is 11.0 Å². The third-order valence-corrected chi connectivity index (χ3v) is 5.40. The highest BCUT2D eigenvalue weighted by Gasteiger charge is 2.24. The van der Waals surface area contributed by atoms with E-state index >= 15 is 0 Å². The molecule has 146 valence electrons. The van der Waals surface area contributed by atoms with Gasteiger partial charge in [0.2, 0.25) is 0 Å². The van der Waals surface area contributed by atoms with Crippen LogP contribution in [0.3, 0.4) is 0 Å². The molecule has 0 unspecified atom stereocenters. The predicted octanol–water partition coefficient (Wildman–Crippen LogP) is 5.23. The van der Waals surface area contributed by atoms with E-state index in [1.807, 2.05) is 89.8 Å². The van der Waals surface area contributed by atoms with Crippen molar-refractivity contribution >= 4 is 34.8 Å². The van der Waals surface area contributed by atoms with Crippen molar-refractivity contribution < 1.29 is 4.79 Å². The van der Waals surface area contributed by atoms with Crippen molar-refractivity contribution in [3.05, 3.63) is 101 Å². The van der Waals surface area contributed by atoms with Gasteiger partial charge in [-0.15, -0.1) is 0 Å². The highest BCUT2D eigenvalue weighted by Crippen LogP contribution is 2.24. The lowest BCUT2D eigenvalue weighted by Gasteiger charge is -2.36. The second-order valence-electron chi connectivity index (χ2n) is 7.09. The molecule has 0 bridgehead atoms. The Hall–Kier alpha value is -3.04. The summed E-state index contributed by atoms with van der Waals surface area (Å²) in [5.74, 6) is 0.0748. The van der Waals surface area contributed by atoms with Gasteiger partial charge in [0.05, 0.1) is 0 Å². The molecule has 4 heteroatoms. The first-order valence-corrected chi connectivity index (χ1v) is 10.2. The fourth-order valence-electron chi connectivity index (χ4n) is 3.61. The summed E-state index contributed by atoms with van der Waals surface area (Å²) in [6.07, 6.45) is 1.99. The summed E-state index contributed by atoms with van der Waals surface area (Å²) in [6, 6.07) is 27.8. The van der Waals surface area contributed by atoms with E-state index in [1.165, 1.54) is 0 Å². The molecule has 4 rings (SSSR count). The van der Waals surface area contributed by atoms with Crippen LogP contribution in [0.25, 0.3) is 11.6 Å². The van der Waals surface area contributed by atoms with Gasteiger partial charge in [0.15, 0.2) is 0 Å². The molecule has 1 aliphatic heterocycles. The number of anilines is 1. The molecule has 3 aromatic rings. The van der Waals surface area contributed by atoms with Gasteiger partial charge < -0.3 is 9.80 Å². The first-order chi connectivity index (χ1) is 14.2. The van der Waals surface area contributed by atoms with Crippen molar-refractivity contribution in [1.82, 2.24) is 4.90 Å². The Morgan fingerprint density at radius 1 is 0.793 bits per heavy atom. The van der Waals surface area contributed by atoms with Crippen molar-refractivity contribution in [1.29, 1.82) is 0 Å². The zero-order chi connectivity index (χ0) is 20.1. The van der Waals surface area contributed by atoms with Crippen molar-refractivity contribution in [2.75, 3.05) is 31.1 Å². The fourth-order valence-corrected chi connectivity index (χ4v) is 3.80. The average molecular weight is 403 g/mol. The summed E-state index contributed by atoms with van der Waals surface area (Å²) >= 11 is 6.13. The Morgan fingerprint density at radius 2 is 1.45 bits per heavy atom. The minimum absolute atomic E-state index is 0.0748. The van der Waals surface area contributed by atoms with Crippen LogP contribution in [-0.2, 0) is 4.79 Å². The number of carbonyl (C=O) groups excluding carboxylic acids is 1. The van der Waals surface area contributed by atoms with Crippen molar-refractivity contribution in [2.45, 2.75) is 0 Å². The summed E-state index contributed by atoms with van der Waals surface area (Å²) in [5.41, 5.74) is 3.80. The van der Waals surface area contributed by atoms with E-state index < -0.39 is 0 Å². The number of amides is 1. The summed E-state index contributed by atoms with van der Waals surface area (Å²) in [4.78, 5) is 17.6. The molecule has 3 nitrogen and oxygen atoms in total. The van der Waals surface area contributed by atoms with Crippen molar-refractivity contribution in [3.63, 3.8) is 0 Å². The first-order valence-electron chi connectivity index (χ1n) is 9.83. The Labute approximate surface area is 176 Å². The van der Waals surface area contributed by atoms with E-state index in [4.69, 9.17) is 11.6 Å². The lowest BCUT2D eigenvalue weighted by Crippen LogP contribution is -2.49. The van der Waals surface area contributed by atoms with Crippen LogP contribution in [0.2, 0.25) is 5.02 Å². The molecule has 29 heavy (non-hydrogen) atoms. The monoisotopic (exact) mass is 402 g/mol. The molecule has 0 saturated carbocycles. The molecule has 1 amide bonds. The van der Waals surface area contributed by atoms with Gasteiger partial charge in [-0.05, 0) is 35.4 Å². The van der Waals surface area contributed by atoms with E-state index in [0.717, 1.165) is 40.5 Å². The maximum absolute atomic E-state index is 13.4. The molecule has 1 saturated heterocycles.